The molecular formula is C7H16N2O3. The number of nitrogens with zero attached hydrogens (tertiary/aromatic N) is 1. The van der Waals surface area contributed by atoms with Crippen LogP contribution >= 0.6 is 0 Å². The highest BCUT2D eigenvalue weighted by molar-refractivity contribution is 5.64. The van der Waals surface area contributed by atoms with Crippen LogP contribution in [-0.4, -0.2) is 44.5 Å². The van der Waals surface area contributed by atoms with Crippen molar-refractivity contribution < 1.29 is 14.3 Å². The second kappa shape index (κ2) is 5.79. The molecule has 0 aliphatic heterocycles. The number of ether oxygens (including phenoxy) is 2. The van der Waals surface area contributed by atoms with E-state index < -0.39 is 12.4 Å². The molecular weight excluding hydrogens is 160 g/mol. The number of primary amides is 1. The Labute approximate surface area is 72.4 Å². The van der Waals surface area contributed by atoms with Gasteiger partial charge in [-0.2, -0.15) is 0 Å². The summed E-state index contributed by atoms with van der Waals surface area (Å²) in [6.45, 7) is 2.92. The van der Waals surface area contributed by atoms with E-state index in [2.05, 4.69) is 4.74 Å². The van der Waals surface area contributed by atoms with E-state index in [-0.39, 0.29) is 0 Å². The number of carbonyl (C=O) groups is 1. The molecule has 0 fully saturated rings. The predicted octanol–water partition coefficient (Wildman–Crippen LogP) is 0.00590. The van der Waals surface area contributed by atoms with E-state index in [1.165, 1.54) is 0 Å². The van der Waals surface area contributed by atoms with Crippen molar-refractivity contribution in [1.29, 1.82) is 0 Å². The minimum absolute atomic E-state index is 0.515. The molecule has 1 amide bonds. The fourth-order valence-corrected chi connectivity index (χ4v) is 0.599. The van der Waals surface area contributed by atoms with Crippen molar-refractivity contribution >= 4 is 6.09 Å². The number of likely N-dealkylation sites (N-methyl/N-ethyl adjacent to an activating group) is 1. The summed E-state index contributed by atoms with van der Waals surface area (Å²) < 4.78 is 9.63. The van der Waals surface area contributed by atoms with Crippen LogP contribution in [0.2, 0.25) is 0 Å². The molecule has 0 aliphatic carbocycles. The summed E-state index contributed by atoms with van der Waals surface area (Å²) in [5.74, 6) is 0. The number of nitrogens with two attached hydrogens (primary N) is 1. The smallest absolute Gasteiger partial charge is 0.406 e. The second-order valence-electron chi connectivity index (χ2n) is 2.68. The van der Waals surface area contributed by atoms with Crippen LogP contribution in [0.5, 0.6) is 0 Å². The Morgan fingerprint density at radius 3 is 2.58 bits per heavy atom. The molecule has 0 saturated carbocycles. The molecule has 0 bridgehead atoms. The normalized spacial score (nSPS) is 13.0. The highest BCUT2D eigenvalue weighted by Gasteiger charge is 2.04. The minimum Gasteiger partial charge on any atom is -0.420 e. The van der Waals surface area contributed by atoms with Gasteiger partial charge in [0.2, 0.25) is 6.29 Å². The first-order valence-corrected chi connectivity index (χ1v) is 3.75. The minimum atomic E-state index is -0.813. The fraction of sp³-hybridized carbons (Fsp3) is 0.857. The first kappa shape index (κ1) is 11.2. The maximum Gasteiger partial charge on any atom is 0.406 e. The lowest BCUT2D eigenvalue weighted by Gasteiger charge is -2.14. The summed E-state index contributed by atoms with van der Waals surface area (Å²) in [7, 11) is 3.87. The molecule has 12 heavy (non-hydrogen) atoms. The first-order valence-electron chi connectivity index (χ1n) is 3.75. The number of rotatable bonds is 5. The molecule has 5 nitrogen and oxygen atoms in total. The van der Waals surface area contributed by atoms with Crippen LogP contribution in [0.4, 0.5) is 4.79 Å². The van der Waals surface area contributed by atoms with Gasteiger partial charge in [-0.1, -0.05) is 0 Å². The molecule has 0 aromatic rings. The molecule has 0 heterocycles. The summed E-state index contributed by atoms with van der Waals surface area (Å²) in [4.78, 5) is 12.2. The van der Waals surface area contributed by atoms with Crippen LogP contribution in [0.1, 0.15) is 6.92 Å². The Morgan fingerprint density at radius 1 is 1.58 bits per heavy atom. The summed E-state index contributed by atoms with van der Waals surface area (Å²) in [5, 5.41) is 0. The van der Waals surface area contributed by atoms with E-state index in [1.54, 1.807) is 6.92 Å². The Morgan fingerprint density at radius 2 is 2.17 bits per heavy atom. The molecule has 0 saturated heterocycles. The van der Waals surface area contributed by atoms with E-state index in [4.69, 9.17) is 10.5 Å². The molecule has 1 atom stereocenters. The van der Waals surface area contributed by atoms with Crippen LogP contribution < -0.4 is 5.73 Å². The summed E-state index contributed by atoms with van der Waals surface area (Å²) >= 11 is 0. The molecule has 0 aromatic carbocycles. The van der Waals surface area contributed by atoms with Gasteiger partial charge in [0, 0.05) is 6.54 Å². The van der Waals surface area contributed by atoms with Crippen LogP contribution in [0.15, 0.2) is 0 Å². The Balaban J connectivity index is 3.31. The fourth-order valence-electron chi connectivity index (χ4n) is 0.599. The predicted molar refractivity (Wildman–Crippen MR) is 44.6 cm³/mol. The standard InChI is InChI=1S/C7H16N2O3/c1-6(12-7(8)10)11-5-4-9(2)3/h6H,4-5H2,1-3H3,(H2,8,10). The van der Waals surface area contributed by atoms with E-state index in [9.17, 15) is 4.79 Å². The van der Waals surface area contributed by atoms with Gasteiger partial charge in [0.1, 0.15) is 0 Å². The highest BCUT2D eigenvalue weighted by Crippen LogP contribution is 1.92. The van der Waals surface area contributed by atoms with Crippen molar-refractivity contribution in [2.45, 2.75) is 13.2 Å². The lowest BCUT2D eigenvalue weighted by Crippen LogP contribution is -2.26. The number of amides is 1. The van der Waals surface area contributed by atoms with Gasteiger partial charge in [-0.25, -0.2) is 4.79 Å². The van der Waals surface area contributed by atoms with Gasteiger partial charge in [0.05, 0.1) is 6.61 Å². The molecule has 0 aromatic heterocycles. The Hall–Kier alpha value is -0.810. The summed E-state index contributed by atoms with van der Waals surface area (Å²) in [5.41, 5.74) is 4.77. The molecule has 5 heteroatoms. The lowest BCUT2D eigenvalue weighted by molar-refractivity contribution is -0.0908. The van der Waals surface area contributed by atoms with Crippen molar-refractivity contribution in [3.63, 3.8) is 0 Å². The van der Waals surface area contributed by atoms with E-state index >= 15 is 0 Å². The van der Waals surface area contributed by atoms with E-state index in [1.807, 2.05) is 19.0 Å². The zero-order chi connectivity index (χ0) is 9.56. The average Bonchev–Trinajstić information content (AvgIpc) is 1.84. The lowest BCUT2D eigenvalue weighted by atomic mass is 10.6. The van der Waals surface area contributed by atoms with Crippen molar-refractivity contribution in [2.24, 2.45) is 5.73 Å². The van der Waals surface area contributed by atoms with Crippen LogP contribution in [0.3, 0.4) is 0 Å². The van der Waals surface area contributed by atoms with Crippen LogP contribution in [0.25, 0.3) is 0 Å². The van der Waals surface area contributed by atoms with Gasteiger partial charge >= 0.3 is 6.09 Å². The van der Waals surface area contributed by atoms with Gasteiger partial charge < -0.3 is 20.1 Å². The molecule has 72 valence electrons. The largest absolute Gasteiger partial charge is 0.420 e. The topological polar surface area (TPSA) is 64.8 Å². The van der Waals surface area contributed by atoms with Crippen LogP contribution in [0, 0.1) is 0 Å². The first-order chi connectivity index (χ1) is 5.52. The van der Waals surface area contributed by atoms with Crippen molar-refractivity contribution in [1.82, 2.24) is 4.90 Å². The number of hydrogen-bond acceptors (Lipinski definition) is 4. The second-order valence-corrected chi connectivity index (χ2v) is 2.68. The third-order valence-corrected chi connectivity index (χ3v) is 1.17. The highest BCUT2D eigenvalue weighted by atomic mass is 16.7. The van der Waals surface area contributed by atoms with Gasteiger partial charge in [-0.3, -0.25) is 0 Å². The van der Waals surface area contributed by atoms with Gasteiger partial charge in [-0.15, -0.1) is 0 Å². The maximum absolute atomic E-state index is 10.2. The molecule has 1 unspecified atom stereocenters. The summed E-state index contributed by atoms with van der Waals surface area (Å²) in [6, 6.07) is 0. The SMILES string of the molecule is CC(OCCN(C)C)OC(N)=O. The zero-order valence-corrected chi connectivity index (χ0v) is 7.74. The number of hydrogen-bond donors (Lipinski definition) is 1. The maximum atomic E-state index is 10.2. The van der Waals surface area contributed by atoms with Crippen molar-refractivity contribution in [3.8, 4) is 0 Å². The van der Waals surface area contributed by atoms with E-state index in [0.717, 1.165) is 6.54 Å². The van der Waals surface area contributed by atoms with Gasteiger partial charge in [0.15, 0.2) is 0 Å². The van der Waals surface area contributed by atoms with E-state index in [0.29, 0.717) is 6.61 Å². The molecule has 0 rings (SSSR count). The van der Waals surface area contributed by atoms with Crippen molar-refractivity contribution in [2.75, 3.05) is 27.2 Å². The van der Waals surface area contributed by atoms with Crippen LogP contribution in [-0.2, 0) is 9.47 Å². The molecule has 0 spiro atoms. The number of carbonyl (C=O) groups excluding carboxylic acids is 1. The quantitative estimate of drug-likeness (QED) is 0.599. The molecule has 2 N–H and O–H groups in total. The monoisotopic (exact) mass is 176 g/mol. The Bertz CT molecular complexity index is 139. The Kier molecular flexibility index (Phi) is 5.40. The molecule has 0 radical (unpaired) electrons. The molecule has 0 aliphatic rings. The summed E-state index contributed by atoms with van der Waals surface area (Å²) in [6.07, 6.45) is -1.38. The van der Waals surface area contributed by atoms with Crippen molar-refractivity contribution in [3.05, 3.63) is 0 Å². The van der Waals surface area contributed by atoms with Gasteiger partial charge in [-0.05, 0) is 21.0 Å². The zero-order valence-electron chi connectivity index (χ0n) is 7.74. The van der Waals surface area contributed by atoms with Gasteiger partial charge in [0.25, 0.3) is 0 Å². The third-order valence-electron chi connectivity index (χ3n) is 1.17. The average molecular weight is 176 g/mol. The third kappa shape index (κ3) is 7.30.